The van der Waals surface area contributed by atoms with Gasteiger partial charge in [0.05, 0.1) is 0 Å². The molecule has 0 aliphatic heterocycles. The molecule has 4 nitrogen and oxygen atoms in total. The topological polar surface area (TPSA) is 63.3 Å². The Bertz CT molecular complexity index is 304. The monoisotopic (exact) mass is 183 g/mol. The highest BCUT2D eigenvalue weighted by molar-refractivity contribution is 5.85. The van der Waals surface area contributed by atoms with E-state index < -0.39 is 5.97 Å². The molecule has 1 heterocycles. The molecule has 1 unspecified atom stereocenters. The fourth-order valence-electron chi connectivity index (χ4n) is 0.933. The van der Waals surface area contributed by atoms with E-state index >= 15 is 0 Å². The van der Waals surface area contributed by atoms with E-state index in [0.717, 1.165) is 0 Å². The Morgan fingerprint density at radius 1 is 1.54 bits per heavy atom. The number of nitrogens with zero attached hydrogens (tertiary/aromatic N) is 1. The molecule has 72 valence electrons. The number of carbonyl (C=O) groups is 1. The van der Waals surface area contributed by atoms with Crippen molar-refractivity contribution in [3.63, 3.8) is 0 Å². The van der Waals surface area contributed by atoms with Gasteiger partial charge < -0.3 is 9.63 Å². The number of carboxylic acids is 1. The van der Waals surface area contributed by atoms with Gasteiger partial charge in [-0.1, -0.05) is 25.9 Å². The van der Waals surface area contributed by atoms with Gasteiger partial charge in [0.15, 0.2) is 5.69 Å². The van der Waals surface area contributed by atoms with Crippen LogP contribution in [0.5, 0.6) is 0 Å². The van der Waals surface area contributed by atoms with Crippen LogP contribution in [0.15, 0.2) is 10.6 Å². The summed E-state index contributed by atoms with van der Waals surface area (Å²) in [7, 11) is 0. The van der Waals surface area contributed by atoms with Gasteiger partial charge in [-0.3, -0.25) is 0 Å². The Kier molecular flexibility index (Phi) is 2.70. The van der Waals surface area contributed by atoms with Gasteiger partial charge in [0.2, 0.25) is 0 Å². The summed E-state index contributed by atoms with van der Waals surface area (Å²) in [6, 6.07) is 1.48. The number of rotatable bonds is 3. The molecule has 0 aliphatic carbocycles. The summed E-state index contributed by atoms with van der Waals surface area (Å²) in [5, 5.41) is 12.0. The second-order valence-corrected chi connectivity index (χ2v) is 3.45. The van der Waals surface area contributed by atoms with Gasteiger partial charge in [-0.2, -0.15) is 0 Å². The Hall–Kier alpha value is -1.32. The maximum Gasteiger partial charge on any atom is 0.358 e. The zero-order valence-corrected chi connectivity index (χ0v) is 7.94. The average molecular weight is 183 g/mol. The molecule has 0 bridgehead atoms. The zero-order valence-electron chi connectivity index (χ0n) is 7.94. The summed E-state index contributed by atoms with van der Waals surface area (Å²) in [4.78, 5) is 10.5. The van der Waals surface area contributed by atoms with Gasteiger partial charge in [-0.25, -0.2) is 4.79 Å². The first-order chi connectivity index (χ1) is 6.02. The summed E-state index contributed by atoms with van der Waals surface area (Å²) in [6.07, 6.45) is 0. The van der Waals surface area contributed by atoms with Gasteiger partial charge in [-0.15, -0.1) is 0 Å². The minimum atomic E-state index is -1.05. The lowest BCUT2D eigenvalue weighted by molar-refractivity contribution is 0.0685. The first-order valence-electron chi connectivity index (χ1n) is 4.22. The molecule has 1 rings (SSSR count). The third-order valence-electron chi connectivity index (χ3n) is 2.20. The molecule has 0 saturated heterocycles. The lowest BCUT2D eigenvalue weighted by atomic mass is 9.95. The normalized spacial score (nSPS) is 13.2. The Balaban J connectivity index is 2.85. The predicted octanol–water partition coefficient (Wildman–Crippen LogP) is 2.13. The molecule has 4 heteroatoms. The van der Waals surface area contributed by atoms with Crippen LogP contribution in [0.3, 0.4) is 0 Å². The molecule has 0 spiro atoms. The third-order valence-corrected chi connectivity index (χ3v) is 2.20. The number of hydrogen-bond acceptors (Lipinski definition) is 3. The van der Waals surface area contributed by atoms with Crippen LogP contribution >= 0.6 is 0 Å². The van der Waals surface area contributed by atoms with E-state index in [-0.39, 0.29) is 11.6 Å². The van der Waals surface area contributed by atoms with Gasteiger partial charge in [0, 0.05) is 12.0 Å². The molecule has 1 atom stereocenters. The van der Waals surface area contributed by atoms with Crippen molar-refractivity contribution in [3.05, 3.63) is 17.5 Å². The largest absolute Gasteiger partial charge is 0.476 e. The zero-order chi connectivity index (χ0) is 10.0. The molecule has 1 aromatic rings. The molecule has 0 radical (unpaired) electrons. The second kappa shape index (κ2) is 3.60. The number of hydrogen-bond donors (Lipinski definition) is 1. The van der Waals surface area contributed by atoms with Crippen molar-refractivity contribution in [1.29, 1.82) is 0 Å². The highest BCUT2D eigenvalue weighted by atomic mass is 16.5. The van der Waals surface area contributed by atoms with Crippen LogP contribution < -0.4 is 0 Å². The molecule has 13 heavy (non-hydrogen) atoms. The van der Waals surface area contributed by atoms with Crippen LogP contribution in [0.25, 0.3) is 0 Å². The molecule has 0 aliphatic rings. The first kappa shape index (κ1) is 9.77. The van der Waals surface area contributed by atoms with E-state index in [1.54, 1.807) is 0 Å². The van der Waals surface area contributed by atoms with Crippen LogP contribution in [0, 0.1) is 5.92 Å². The molecule has 1 N–H and O–H groups in total. The van der Waals surface area contributed by atoms with E-state index in [9.17, 15) is 4.79 Å². The molecule has 0 saturated carbocycles. The summed E-state index contributed by atoms with van der Waals surface area (Å²) >= 11 is 0. The molecule has 0 amide bonds. The summed E-state index contributed by atoms with van der Waals surface area (Å²) in [6.45, 7) is 6.08. The van der Waals surface area contributed by atoms with Crippen LogP contribution in [0.4, 0.5) is 0 Å². The van der Waals surface area contributed by atoms with Crippen molar-refractivity contribution in [2.45, 2.75) is 26.7 Å². The number of aromatic nitrogens is 1. The first-order valence-corrected chi connectivity index (χ1v) is 4.22. The molecular formula is C9H13NO3. The third kappa shape index (κ3) is 2.08. The summed E-state index contributed by atoms with van der Waals surface area (Å²) < 4.78 is 4.92. The maximum atomic E-state index is 10.5. The van der Waals surface area contributed by atoms with Crippen molar-refractivity contribution in [2.24, 2.45) is 5.92 Å². The minimum Gasteiger partial charge on any atom is -0.476 e. The molecule has 0 aromatic carbocycles. The highest BCUT2D eigenvalue weighted by Crippen LogP contribution is 2.23. The minimum absolute atomic E-state index is 0.0255. The van der Waals surface area contributed by atoms with Crippen LogP contribution in [-0.2, 0) is 0 Å². The summed E-state index contributed by atoms with van der Waals surface area (Å²) in [5.41, 5.74) is -0.0255. The lowest BCUT2D eigenvalue weighted by Gasteiger charge is -2.10. The lowest BCUT2D eigenvalue weighted by Crippen LogP contribution is -2.00. The molecule has 0 fully saturated rings. The standard InChI is InChI=1S/C9H13NO3/c1-5(2)6(3)8-4-7(9(11)12)10-13-8/h4-6H,1-3H3,(H,11,12). The predicted molar refractivity (Wildman–Crippen MR) is 46.7 cm³/mol. The smallest absolute Gasteiger partial charge is 0.358 e. The van der Waals surface area contributed by atoms with Gasteiger partial charge >= 0.3 is 5.97 Å². The summed E-state index contributed by atoms with van der Waals surface area (Å²) in [5.74, 6) is 0.188. The quantitative estimate of drug-likeness (QED) is 0.779. The van der Waals surface area contributed by atoms with E-state index in [1.807, 2.05) is 20.8 Å². The van der Waals surface area contributed by atoms with Gasteiger partial charge in [0.25, 0.3) is 0 Å². The van der Waals surface area contributed by atoms with E-state index in [4.69, 9.17) is 9.63 Å². The van der Waals surface area contributed by atoms with Gasteiger partial charge in [0.1, 0.15) is 5.76 Å². The Labute approximate surface area is 76.5 Å². The average Bonchev–Trinajstić information content (AvgIpc) is 2.50. The molecule has 1 aromatic heterocycles. The van der Waals surface area contributed by atoms with Crippen LogP contribution in [-0.4, -0.2) is 16.2 Å². The Morgan fingerprint density at radius 3 is 2.54 bits per heavy atom. The van der Waals surface area contributed by atoms with Crippen LogP contribution in [0.1, 0.15) is 42.9 Å². The van der Waals surface area contributed by atoms with E-state index in [1.165, 1.54) is 6.07 Å². The molecular weight excluding hydrogens is 170 g/mol. The van der Waals surface area contributed by atoms with Crippen molar-refractivity contribution in [1.82, 2.24) is 5.16 Å². The van der Waals surface area contributed by atoms with E-state index in [0.29, 0.717) is 11.7 Å². The SMILES string of the molecule is CC(C)C(C)c1cc(C(=O)O)no1. The highest BCUT2D eigenvalue weighted by Gasteiger charge is 2.17. The van der Waals surface area contributed by atoms with Crippen molar-refractivity contribution >= 4 is 5.97 Å². The number of carboxylic acid groups (broad SMARTS) is 1. The fourth-order valence-corrected chi connectivity index (χ4v) is 0.933. The van der Waals surface area contributed by atoms with Crippen molar-refractivity contribution in [2.75, 3.05) is 0 Å². The second-order valence-electron chi connectivity index (χ2n) is 3.45. The van der Waals surface area contributed by atoms with Gasteiger partial charge in [-0.05, 0) is 5.92 Å². The fraction of sp³-hybridized carbons (Fsp3) is 0.556. The van der Waals surface area contributed by atoms with Crippen molar-refractivity contribution < 1.29 is 14.4 Å². The number of aromatic carboxylic acids is 1. The Morgan fingerprint density at radius 2 is 2.15 bits per heavy atom. The maximum absolute atomic E-state index is 10.5. The van der Waals surface area contributed by atoms with E-state index in [2.05, 4.69) is 5.16 Å². The van der Waals surface area contributed by atoms with Crippen molar-refractivity contribution in [3.8, 4) is 0 Å². The van der Waals surface area contributed by atoms with Crippen LogP contribution in [0.2, 0.25) is 0 Å².